The van der Waals surface area contributed by atoms with Gasteiger partial charge in [0.05, 0.1) is 5.92 Å². The molecule has 2 heterocycles. The molecule has 2 saturated heterocycles. The highest BCUT2D eigenvalue weighted by atomic mass is 16.2. The molecule has 2 unspecified atom stereocenters. The van der Waals surface area contributed by atoms with Gasteiger partial charge >= 0.3 is 0 Å². The van der Waals surface area contributed by atoms with Crippen LogP contribution in [0, 0.1) is 5.92 Å². The van der Waals surface area contributed by atoms with Crippen molar-refractivity contribution >= 4 is 23.6 Å². The number of piperidine rings is 1. The van der Waals surface area contributed by atoms with E-state index < -0.39 is 17.9 Å². The van der Waals surface area contributed by atoms with Crippen LogP contribution in [0.5, 0.6) is 0 Å². The Bertz CT molecular complexity index is 421. The predicted molar refractivity (Wildman–Crippen MR) is 60.1 cm³/mol. The zero-order valence-electron chi connectivity index (χ0n) is 10.1. The van der Waals surface area contributed by atoms with Crippen LogP contribution >= 0.6 is 0 Å². The Labute approximate surface area is 104 Å². The summed E-state index contributed by atoms with van der Waals surface area (Å²) >= 11 is 0. The van der Waals surface area contributed by atoms with Crippen LogP contribution in [0.25, 0.3) is 0 Å². The van der Waals surface area contributed by atoms with E-state index in [0.717, 1.165) is 0 Å². The van der Waals surface area contributed by atoms with Crippen LogP contribution < -0.4 is 10.6 Å². The predicted octanol–water partition coefficient (Wildman–Crippen LogP) is -1.61. The zero-order chi connectivity index (χ0) is 13.3. The first-order valence-corrected chi connectivity index (χ1v) is 5.85. The lowest BCUT2D eigenvalue weighted by molar-refractivity contribution is -0.138. The summed E-state index contributed by atoms with van der Waals surface area (Å²) in [5.74, 6) is -1.58. The summed E-state index contributed by atoms with van der Waals surface area (Å²) in [7, 11) is 1.64. The molecular weight excluding hydrogens is 238 g/mol. The minimum absolute atomic E-state index is 0.0709. The van der Waals surface area contributed by atoms with E-state index in [-0.39, 0.29) is 30.6 Å². The van der Waals surface area contributed by atoms with Crippen molar-refractivity contribution in [3.05, 3.63) is 0 Å². The molecule has 98 valence electrons. The maximum Gasteiger partial charge on any atom is 0.249 e. The molecule has 0 aliphatic carbocycles. The van der Waals surface area contributed by atoms with Crippen LogP contribution in [-0.2, 0) is 19.2 Å². The van der Waals surface area contributed by atoms with E-state index in [4.69, 9.17) is 0 Å². The SMILES string of the molecule is CN1CC(C(=O)NC2CCC(=O)NC2=O)CC1=O. The third-order valence-electron chi connectivity index (χ3n) is 3.27. The first-order valence-electron chi connectivity index (χ1n) is 5.85. The maximum absolute atomic E-state index is 11.9. The number of nitrogens with one attached hydrogen (secondary N) is 2. The van der Waals surface area contributed by atoms with Gasteiger partial charge < -0.3 is 10.2 Å². The highest BCUT2D eigenvalue weighted by Crippen LogP contribution is 2.16. The fraction of sp³-hybridized carbons (Fsp3) is 0.636. The lowest BCUT2D eigenvalue weighted by Gasteiger charge is -2.23. The van der Waals surface area contributed by atoms with E-state index in [1.807, 2.05) is 0 Å². The third-order valence-corrected chi connectivity index (χ3v) is 3.27. The van der Waals surface area contributed by atoms with Gasteiger partial charge in [0.15, 0.2) is 0 Å². The molecule has 0 spiro atoms. The molecule has 0 bridgehead atoms. The summed E-state index contributed by atoms with van der Waals surface area (Å²) in [6.45, 7) is 0.373. The molecule has 18 heavy (non-hydrogen) atoms. The number of hydrogen-bond acceptors (Lipinski definition) is 4. The summed E-state index contributed by atoms with van der Waals surface area (Å²) in [4.78, 5) is 47.1. The maximum atomic E-state index is 11.9. The Hall–Kier alpha value is -1.92. The van der Waals surface area contributed by atoms with Crippen LogP contribution in [0.4, 0.5) is 0 Å². The Morgan fingerprint density at radius 3 is 2.67 bits per heavy atom. The molecule has 0 radical (unpaired) electrons. The third kappa shape index (κ3) is 2.49. The van der Waals surface area contributed by atoms with Crippen molar-refractivity contribution in [2.45, 2.75) is 25.3 Å². The van der Waals surface area contributed by atoms with Crippen molar-refractivity contribution in [2.24, 2.45) is 5.92 Å². The van der Waals surface area contributed by atoms with Crippen LogP contribution in [0.2, 0.25) is 0 Å². The molecule has 2 fully saturated rings. The van der Waals surface area contributed by atoms with E-state index in [0.29, 0.717) is 13.0 Å². The van der Waals surface area contributed by atoms with Gasteiger partial charge in [-0.25, -0.2) is 0 Å². The second kappa shape index (κ2) is 4.75. The standard InChI is InChI=1S/C11H15N3O4/c1-14-5-6(4-9(14)16)10(17)12-7-2-3-8(15)13-11(7)18/h6-7H,2-5H2,1H3,(H,12,17)(H,13,15,18). The normalized spacial score (nSPS) is 28.3. The molecule has 2 N–H and O–H groups in total. The number of imide groups is 1. The average molecular weight is 253 g/mol. The summed E-state index contributed by atoms with van der Waals surface area (Å²) in [6, 6.07) is -0.670. The van der Waals surface area contributed by atoms with Crippen molar-refractivity contribution in [1.82, 2.24) is 15.5 Å². The topological polar surface area (TPSA) is 95.6 Å². The van der Waals surface area contributed by atoms with E-state index in [1.165, 1.54) is 4.90 Å². The first kappa shape index (κ1) is 12.5. The number of rotatable bonds is 2. The molecule has 0 aromatic carbocycles. The van der Waals surface area contributed by atoms with Gasteiger partial charge in [-0.05, 0) is 6.42 Å². The summed E-state index contributed by atoms with van der Waals surface area (Å²) < 4.78 is 0. The van der Waals surface area contributed by atoms with E-state index >= 15 is 0 Å². The Morgan fingerprint density at radius 2 is 2.11 bits per heavy atom. The van der Waals surface area contributed by atoms with E-state index in [1.54, 1.807) is 7.05 Å². The average Bonchev–Trinajstić information content (AvgIpc) is 2.63. The van der Waals surface area contributed by atoms with Gasteiger partial charge in [0.1, 0.15) is 6.04 Å². The quantitative estimate of drug-likeness (QED) is 0.578. The number of likely N-dealkylation sites (tertiary alicyclic amines) is 1. The number of carbonyl (C=O) groups is 4. The minimum Gasteiger partial charge on any atom is -0.345 e. The summed E-state index contributed by atoms with van der Waals surface area (Å²) in [5, 5.41) is 4.76. The van der Waals surface area contributed by atoms with Gasteiger partial charge in [0.2, 0.25) is 23.6 Å². The molecule has 2 aliphatic rings. The zero-order valence-corrected chi connectivity index (χ0v) is 10.1. The highest BCUT2D eigenvalue weighted by Gasteiger charge is 2.35. The number of nitrogens with zero attached hydrogens (tertiary/aromatic N) is 1. The molecule has 2 aliphatic heterocycles. The second-order valence-corrected chi connectivity index (χ2v) is 4.69. The lowest BCUT2D eigenvalue weighted by Crippen LogP contribution is -2.53. The molecule has 7 heteroatoms. The Kier molecular flexibility index (Phi) is 3.31. The first-order chi connectivity index (χ1) is 8.47. The molecule has 2 rings (SSSR count). The van der Waals surface area contributed by atoms with E-state index in [9.17, 15) is 19.2 Å². The van der Waals surface area contributed by atoms with Gasteiger partial charge in [-0.2, -0.15) is 0 Å². The fourth-order valence-corrected chi connectivity index (χ4v) is 2.16. The Morgan fingerprint density at radius 1 is 1.39 bits per heavy atom. The van der Waals surface area contributed by atoms with E-state index in [2.05, 4.69) is 10.6 Å². The van der Waals surface area contributed by atoms with Crippen molar-refractivity contribution in [3.63, 3.8) is 0 Å². The lowest BCUT2D eigenvalue weighted by atomic mass is 10.0. The largest absolute Gasteiger partial charge is 0.345 e. The second-order valence-electron chi connectivity index (χ2n) is 4.69. The fourth-order valence-electron chi connectivity index (χ4n) is 2.16. The van der Waals surface area contributed by atoms with Crippen LogP contribution in [0.3, 0.4) is 0 Å². The highest BCUT2D eigenvalue weighted by molar-refractivity contribution is 6.02. The summed E-state index contributed by atoms with van der Waals surface area (Å²) in [5.41, 5.74) is 0. The monoisotopic (exact) mass is 253 g/mol. The number of hydrogen-bond donors (Lipinski definition) is 2. The van der Waals surface area contributed by atoms with Crippen LogP contribution in [0.1, 0.15) is 19.3 Å². The smallest absolute Gasteiger partial charge is 0.249 e. The molecule has 7 nitrogen and oxygen atoms in total. The molecular formula is C11H15N3O4. The van der Waals surface area contributed by atoms with Gasteiger partial charge in [-0.3, -0.25) is 24.5 Å². The molecule has 0 aromatic rings. The van der Waals surface area contributed by atoms with Crippen molar-refractivity contribution in [1.29, 1.82) is 0 Å². The van der Waals surface area contributed by atoms with Crippen LogP contribution in [-0.4, -0.2) is 48.2 Å². The minimum atomic E-state index is -0.670. The van der Waals surface area contributed by atoms with Crippen molar-refractivity contribution in [2.75, 3.05) is 13.6 Å². The molecule has 2 atom stereocenters. The Balaban J connectivity index is 1.90. The van der Waals surface area contributed by atoms with Gasteiger partial charge in [0.25, 0.3) is 0 Å². The van der Waals surface area contributed by atoms with Crippen molar-refractivity contribution in [3.8, 4) is 0 Å². The van der Waals surface area contributed by atoms with Crippen LogP contribution in [0.15, 0.2) is 0 Å². The molecule has 4 amide bonds. The van der Waals surface area contributed by atoms with Crippen molar-refractivity contribution < 1.29 is 19.2 Å². The van der Waals surface area contributed by atoms with Gasteiger partial charge in [-0.1, -0.05) is 0 Å². The van der Waals surface area contributed by atoms with Gasteiger partial charge in [-0.15, -0.1) is 0 Å². The number of carbonyl (C=O) groups excluding carboxylic acids is 4. The molecule has 0 aromatic heterocycles. The van der Waals surface area contributed by atoms with Gasteiger partial charge in [0, 0.05) is 26.4 Å². The summed E-state index contributed by atoms with van der Waals surface area (Å²) in [6.07, 6.45) is 0.711. The number of amides is 4. The molecule has 0 saturated carbocycles.